The van der Waals surface area contributed by atoms with Crippen LogP contribution in [0.15, 0.2) is 24.3 Å². The lowest BCUT2D eigenvalue weighted by Crippen LogP contribution is -2.48. The zero-order valence-electron chi connectivity index (χ0n) is 11.5. The molecule has 3 N–H and O–H groups in total. The van der Waals surface area contributed by atoms with Crippen LogP contribution in [0.4, 0.5) is 0 Å². The van der Waals surface area contributed by atoms with Crippen LogP contribution in [0.2, 0.25) is 0 Å². The van der Waals surface area contributed by atoms with Crippen molar-refractivity contribution < 1.29 is 14.6 Å². The highest BCUT2D eigenvalue weighted by atomic mass is 35.5. The molecule has 6 heteroatoms. The molecule has 0 radical (unpaired) electrons. The summed E-state index contributed by atoms with van der Waals surface area (Å²) in [6.45, 7) is 3.97. The molecular formula is C14H21ClN2O3. The Morgan fingerprint density at radius 3 is 2.95 bits per heavy atom. The first kappa shape index (κ1) is 16.9. The van der Waals surface area contributed by atoms with E-state index in [9.17, 15) is 9.90 Å². The molecule has 20 heavy (non-hydrogen) atoms. The Hall–Kier alpha value is -1.14. The van der Waals surface area contributed by atoms with Crippen LogP contribution in [0.5, 0.6) is 0 Å². The highest BCUT2D eigenvalue weighted by molar-refractivity contribution is 5.85. The molecule has 1 aliphatic rings. The topological polar surface area (TPSA) is 70.6 Å². The highest BCUT2D eigenvalue weighted by Gasteiger charge is 2.22. The molecule has 5 nitrogen and oxygen atoms in total. The van der Waals surface area contributed by atoms with E-state index in [-0.39, 0.29) is 24.9 Å². The maximum atomic E-state index is 11.8. The van der Waals surface area contributed by atoms with E-state index < -0.39 is 12.2 Å². The third kappa shape index (κ3) is 4.45. The summed E-state index contributed by atoms with van der Waals surface area (Å²) in [5.41, 5.74) is 1.85. The van der Waals surface area contributed by atoms with E-state index >= 15 is 0 Å². The minimum atomic E-state index is -0.693. The zero-order chi connectivity index (χ0) is 13.7. The lowest BCUT2D eigenvalue weighted by Gasteiger charge is -2.23. The molecule has 1 amide bonds. The van der Waals surface area contributed by atoms with Crippen molar-refractivity contribution in [2.75, 3.05) is 26.2 Å². The molecule has 0 saturated carbocycles. The molecule has 1 fully saturated rings. The van der Waals surface area contributed by atoms with Crippen LogP contribution in [-0.4, -0.2) is 43.4 Å². The molecule has 0 spiro atoms. The molecule has 0 aliphatic carbocycles. The largest absolute Gasteiger partial charge is 0.387 e. The molecule has 1 aromatic rings. The van der Waals surface area contributed by atoms with Crippen LogP contribution >= 0.6 is 12.4 Å². The smallest absolute Gasteiger partial charge is 0.250 e. The van der Waals surface area contributed by atoms with Crippen molar-refractivity contribution in [2.45, 2.75) is 19.1 Å². The summed E-state index contributed by atoms with van der Waals surface area (Å²) in [5.74, 6) is -0.181. The average Bonchev–Trinajstić information content (AvgIpc) is 2.46. The first-order chi connectivity index (χ1) is 9.18. The number of aliphatic hydroxyl groups excluding tert-OH is 1. The van der Waals surface area contributed by atoms with Crippen molar-refractivity contribution in [3.8, 4) is 0 Å². The van der Waals surface area contributed by atoms with Gasteiger partial charge in [0.15, 0.2) is 0 Å². The number of aryl methyl sites for hydroxylation is 1. The van der Waals surface area contributed by atoms with Gasteiger partial charge in [0.1, 0.15) is 6.10 Å². The second kappa shape index (κ2) is 8.21. The number of benzene rings is 1. The Morgan fingerprint density at radius 2 is 2.30 bits per heavy atom. The number of halogens is 1. The normalized spacial score (nSPS) is 19.8. The van der Waals surface area contributed by atoms with E-state index in [1.165, 1.54) is 0 Å². The molecule has 2 unspecified atom stereocenters. The quantitative estimate of drug-likeness (QED) is 0.760. The number of morpholine rings is 1. The molecule has 0 aromatic heterocycles. The van der Waals surface area contributed by atoms with Crippen molar-refractivity contribution >= 4 is 18.3 Å². The molecule has 1 heterocycles. The fourth-order valence-corrected chi connectivity index (χ4v) is 2.12. The van der Waals surface area contributed by atoms with Gasteiger partial charge in [-0.3, -0.25) is 4.79 Å². The van der Waals surface area contributed by atoms with Gasteiger partial charge in [-0.2, -0.15) is 0 Å². The van der Waals surface area contributed by atoms with Gasteiger partial charge >= 0.3 is 0 Å². The Balaban J connectivity index is 0.00000200. The first-order valence-corrected chi connectivity index (χ1v) is 6.52. The van der Waals surface area contributed by atoms with Gasteiger partial charge in [-0.25, -0.2) is 0 Å². The van der Waals surface area contributed by atoms with Crippen LogP contribution in [0, 0.1) is 6.92 Å². The van der Waals surface area contributed by atoms with Gasteiger partial charge in [0.2, 0.25) is 0 Å². The van der Waals surface area contributed by atoms with Crippen LogP contribution in [0.25, 0.3) is 0 Å². The molecule has 0 bridgehead atoms. The molecule has 2 rings (SSSR count). The third-order valence-corrected chi connectivity index (χ3v) is 3.24. The number of hydrogen-bond donors (Lipinski definition) is 3. The number of carbonyl (C=O) groups excluding carboxylic acids is 1. The van der Waals surface area contributed by atoms with Gasteiger partial charge < -0.3 is 20.5 Å². The maximum Gasteiger partial charge on any atom is 0.250 e. The number of rotatable bonds is 4. The van der Waals surface area contributed by atoms with Gasteiger partial charge in [-0.15, -0.1) is 12.4 Å². The van der Waals surface area contributed by atoms with Crippen molar-refractivity contribution in [1.29, 1.82) is 0 Å². The Kier molecular flexibility index (Phi) is 6.95. The van der Waals surface area contributed by atoms with E-state index in [0.29, 0.717) is 13.2 Å². The number of nitrogens with one attached hydrogen (secondary N) is 2. The minimum absolute atomic E-state index is 0. The standard InChI is InChI=1S/C14H20N2O3.ClH/c1-10-4-2-3-5-11(10)12(17)8-16-14(18)13-9-15-6-7-19-13;/h2-5,12-13,15,17H,6-9H2,1H3,(H,16,18);1H. The molecule has 1 aromatic carbocycles. The number of aliphatic hydroxyl groups is 1. The fraction of sp³-hybridized carbons (Fsp3) is 0.500. The van der Waals surface area contributed by atoms with Crippen molar-refractivity contribution in [2.24, 2.45) is 0 Å². The predicted molar refractivity (Wildman–Crippen MR) is 79.0 cm³/mol. The van der Waals surface area contributed by atoms with Crippen LogP contribution in [-0.2, 0) is 9.53 Å². The maximum absolute atomic E-state index is 11.8. The van der Waals surface area contributed by atoms with Crippen LogP contribution < -0.4 is 10.6 Å². The summed E-state index contributed by atoms with van der Waals surface area (Å²) in [4.78, 5) is 11.8. The molecule has 1 saturated heterocycles. The average molecular weight is 301 g/mol. The third-order valence-electron chi connectivity index (χ3n) is 3.24. The monoisotopic (exact) mass is 300 g/mol. The van der Waals surface area contributed by atoms with Gasteiger partial charge in [0, 0.05) is 19.6 Å². The van der Waals surface area contributed by atoms with E-state index in [1.54, 1.807) is 0 Å². The SMILES string of the molecule is Cc1ccccc1C(O)CNC(=O)C1CNCCO1.Cl. The van der Waals surface area contributed by atoms with Gasteiger partial charge in [-0.1, -0.05) is 24.3 Å². The summed E-state index contributed by atoms with van der Waals surface area (Å²) in [5, 5.41) is 15.9. The Bertz CT molecular complexity index is 436. The predicted octanol–water partition coefficient (Wildman–Crippen LogP) is 0.555. The summed E-state index contributed by atoms with van der Waals surface area (Å²) in [6.07, 6.45) is -1.15. The van der Waals surface area contributed by atoms with Crippen LogP contribution in [0.3, 0.4) is 0 Å². The number of ether oxygens (including phenoxy) is 1. The van der Waals surface area contributed by atoms with Crippen molar-refractivity contribution in [3.63, 3.8) is 0 Å². The van der Waals surface area contributed by atoms with Crippen molar-refractivity contribution in [1.82, 2.24) is 10.6 Å². The second-order valence-electron chi connectivity index (χ2n) is 4.68. The summed E-state index contributed by atoms with van der Waals surface area (Å²) in [6, 6.07) is 7.60. The summed E-state index contributed by atoms with van der Waals surface area (Å²) in [7, 11) is 0. The van der Waals surface area contributed by atoms with Gasteiger partial charge in [0.25, 0.3) is 5.91 Å². The van der Waals surface area contributed by atoms with Crippen molar-refractivity contribution in [3.05, 3.63) is 35.4 Å². The minimum Gasteiger partial charge on any atom is -0.387 e. The molecule has 2 atom stereocenters. The van der Waals surface area contributed by atoms with E-state index in [4.69, 9.17) is 4.74 Å². The van der Waals surface area contributed by atoms with Crippen LogP contribution in [0.1, 0.15) is 17.2 Å². The second-order valence-corrected chi connectivity index (χ2v) is 4.68. The highest BCUT2D eigenvalue weighted by Crippen LogP contribution is 2.16. The summed E-state index contributed by atoms with van der Waals surface area (Å²) < 4.78 is 5.35. The number of hydrogen-bond acceptors (Lipinski definition) is 4. The fourth-order valence-electron chi connectivity index (χ4n) is 2.12. The Labute approximate surface area is 125 Å². The van der Waals surface area contributed by atoms with E-state index in [1.807, 2.05) is 31.2 Å². The molecular weight excluding hydrogens is 280 g/mol. The Morgan fingerprint density at radius 1 is 1.55 bits per heavy atom. The number of amides is 1. The molecule has 1 aliphatic heterocycles. The first-order valence-electron chi connectivity index (χ1n) is 6.52. The zero-order valence-corrected chi connectivity index (χ0v) is 12.3. The van der Waals surface area contributed by atoms with E-state index in [0.717, 1.165) is 17.7 Å². The van der Waals surface area contributed by atoms with Gasteiger partial charge in [0.05, 0.1) is 12.7 Å². The lowest BCUT2D eigenvalue weighted by molar-refractivity contribution is -0.134. The molecule has 112 valence electrons. The van der Waals surface area contributed by atoms with Gasteiger partial charge in [-0.05, 0) is 18.1 Å². The lowest BCUT2D eigenvalue weighted by atomic mass is 10.0. The number of carbonyl (C=O) groups is 1. The summed E-state index contributed by atoms with van der Waals surface area (Å²) >= 11 is 0. The van der Waals surface area contributed by atoms with E-state index in [2.05, 4.69) is 10.6 Å².